The molecule has 0 atom stereocenters. The second-order valence-electron chi connectivity index (χ2n) is 8.10. The predicted molar refractivity (Wildman–Crippen MR) is 122 cm³/mol. The average Bonchev–Trinajstić information content (AvgIpc) is 2.93. The molecule has 174 valence electrons. The van der Waals surface area contributed by atoms with Crippen LogP contribution in [0.2, 0.25) is 0 Å². The van der Waals surface area contributed by atoms with Crippen LogP contribution in [0.1, 0.15) is 26.3 Å². The van der Waals surface area contributed by atoms with Crippen LogP contribution >= 0.6 is 0 Å². The molecule has 2 amide bonds. The lowest BCUT2D eigenvalue weighted by molar-refractivity contribution is 0.0303. The van der Waals surface area contributed by atoms with Gasteiger partial charge < -0.3 is 14.5 Å². The van der Waals surface area contributed by atoms with Crippen LogP contribution < -0.4 is 4.90 Å². The minimum atomic E-state index is -4.04. The van der Waals surface area contributed by atoms with Gasteiger partial charge in [-0.15, -0.1) is 0 Å². The predicted octanol–water partition coefficient (Wildman–Crippen LogP) is 3.29. The molecular weight excluding hydrogens is 459 g/mol. The maximum absolute atomic E-state index is 13.6. The number of nitrogens with zero attached hydrogens (tertiary/aromatic N) is 2. The lowest BCUT2D eigenvalue weighted by Gasteiger charge is -2.28. The highest BCUT2D eigenvalue weighted by molar-refractivity contribution is 7.91. The van der Waals surface area contributed by atoms with Crippen LogP contribution in [0.25, 0.3) is 0 Å². The molecule has 2 aliphatic rings. The van der Waals surface area contributed by atoms with Crippen molar-refractivity contribution < 1.29 is 27.1 Å². The van der Waals surface area contributed by atoms with Gasteiger partial charge in [0.05, 0.1) is 40.8 Å². The Labute approximate surface area is 196 Å². The summed E-state index contributed by atoms with van der Waals surface area (Å²) in [6, 6.07) is 16.0. The van der Waals surface area contributed by atoms with Crippen LogP contribution in [0.5, 0.6) is 0 Å². The fourth-order valence-electron chi connectivity index (χ4n) is 4.22. The number of sulfone groups is 1. The first-order valence-electron chi connectivity index (χ1n) is 10.8. The minimum Gasteiger partial charge on any atom is -0.378 e. The van der Waals surface area contributed by atoms with Crippen molar-refractivity contribution in [1.82, 2.24) is 4.90 Å². The van der Waals surface area contributed by atoms with E-state index in [2.05, 4.69) is 0 Å². The van der Waals surface area contributed by atoms with E-state index in [1.54, 1.807) is 17.0 Å². The van der Waals surface area contributed by atoms with E-state index in [0.29, 0.717) is 31.9 Å². The Kier molecular flexibility index (Phi) is 5.66. The van der Waals surface area contributed by atoms with Gasteiger partial charge in [-0.25, -0.2) is 12.8 Å². The molecule has 1 fully saturated rings. The Morgan fingerprint density at radius 1 is 0.941 bits per heavy atom. The van der Waals surface area contributed by atoms with Gasteiger partial charge in [0.15, 0.2) is 0 Å². The fourth-order valence-corrected chi connectivity index (χ4v) is 5.85. The number of rotatable bonds is 3. The van der Waals surface area contributed by atoms with Crippen molar-refractivity contribution in [3.63, 3.8) is 0 Å². The van der Waals surface area contributed by atoms with Crippen LogP contribution in [0.3, 0.4) is 0 Å². The number of hydrogen-bond acceptors (Lipinski definition) is 5. The van der Waals surface area contributed by atoms with Gasteiger partial charge in [0.1, 0.15) is 5.82 Å². The van der Waals surface area contributed by atoms with E-state index in [1.807, 2.05) is 0 Å². The number of anilines is 1. The number of fused-ring (bicyclic) bond motifs is 2. The molecule has 5 rings (SSSR count). The highest BCUT2D eigenvalue weighted by atomic mass is 32.2. The van der Waals surface area contributed by atoms with Gasteiger partial charge in [-0.3, -0.25) is 9.59 Å². The fraction of sp³-hybridized carbons (Fsp3) is 0.200. The van der Waals surface area contributed by atoms with E-state index in [4.69, 9.17) is 4.74 Å². The van der Waals surface area contributed by atoms with Crippen LogP contribution in [-0.4, -0.2) is 51.4 Å². The summed E-state index contributed by atoms with van der Waals surface area (Å²) in [5.41, 5.74) is 1.05. The molecule has 7 nitrogen and oxygen atoms in total. The standard InChI is InChI=1S/C25H21FN2O5S/c26-19-8-5-17(6-9-19)16-28-21-15-18(24(29)27-11-13-33-14-12-27)7-10-23(21)34(31,32)22-4-2-1-3-20(22)25(28)30/h1-10,15H,11-14,16H2. The molecule has 2 aliphatic heterocycles. The van der Waals surface area contributed by atoms with E-state index in [0.717, 1.165) is 0 Å². The summed E-state index contributed by atoms with van der Waals surface area (Å²) in [4.78, 5) is 29.5. The second kappa shape index (κ2) is 8.66. The molecule has 0 unspecified atom stereocenters. The van der Waals surface area contributed by atoms with Gasteiger partial charge in [0, 0.05) is 18.7 Å². The maximum Gasteiger partial charge on any atom is 0.259 e. The SMILES string of the molecule is O=C(c1ccc2c(c1)N(Cc1ccc(F)cc1)C(=O)c1ccccc1S2(=O)=O)N1CCOCC1. The number of ether oxygens (including phenoxy) is 1. The summed E-state index contributed by atoms with van der Waals surface area (Å²) < 4.78 is 45.9. The first kappa shape index (κ1) is 22.2. The average molecular weight is 481 g/mol. The van der Waals surface area contributed by atoms with Crippen molar-refractivity contribution in [2.24, 2.45) is 0 Å². The molecular formula is C25H21FN2O5S. The van der Waals surface area contributed by atoms with Crippen molar-refractivity contribution in [2.75, 3.05) is 31.2 Å². The lowest BCUT2D eigenvalue weighted by atomic mass is 10.1. The molecule has 0 spiro atoms. The van der Waals surface area contributed by atoms with Gasteiger partial charge in [0.2, 0.25) is 9.84 Å². The molecule has 0 bridgehead atoms. The molecule has 0 aliphatic carbocycles. The smallest absolute Gasteiger partial charge is 0.259 e. The van der Waals surface area contributed by atoms with Crippen molar-refractivity contribution in [2.45, 2.75) is 16.3 Å². The van der Waals surface area contributed by atoms with Gasteiger partial charge in [-0.2, -0.15) is 0 Å². The summed E-state index contributed by atoms with van der Waals surface area (Å²) in [6.45, 7) is 1.71. The van der Waals surface area contributed by atoms with Crippen LogP contribution in [0, 0.1) is 5.82 Å². The summed E-state index contributed by atoms with van der Waals surface area (Å²) >= 11 is 0. The van der Waals surface area contributed by atoms with Crippen LogP contribution in [-0.2, 0) is 21.1 Å². The number of carbonyl (C=O) groups excluding carboxylic acids is 2. The topological polar surface area (TPSA) is 84.0 Å². The summed E-state index contributed by atoms with van der Waals surface area (Å²) in [6.07, 6.45) is 0. The highest BCUT2D eigenvalue weighted by Crippen LogP contribution is 2.38. The van der Waals surface area contributed by atoms with Gasteiger partial charge in [-0.05, 0) is 48.0 Å². The molecule has 0 radical (unpaired) electrons. The van der Waals surface area contributed by atoms with E-state index >= 15 is 0 Å². The zero-order valence-corrected chi connectivity index (χ0v) is 18.9. The van der Waals surface area contributed by atoms with Gasteiger partial charge in [0.25, 0.3) is 11.8 Å². The Balaban J connectivity index is 1.66. The third kappa shape index (κ3) is 3.86. The Morgan fingerprint density at radius 2 is 1.65 bits per heavy atom. The van der Waals surface area contributed by atoms with Gasteiger partial charge in [-0.1, -0.05) is 24.3 Å². The normalized spacial score (nSPS) is 17.0. The molecule has 0 saturated carbocycles. The number of carbonyl (C=O) groups is 2. The Hall–Kier alpha value is -3.56. The molecule has 1 saturated heterocycles. The number of benzene rings is 3. The molecule has 34 heavy (non-hydrogen) atoms. The third-order valence-corrected chi connectivity index (χ3v) is 7.85. The summed E-state index contributed by atoms with van der Waals surface area (Å²) in [5, 5.41) is 0. The Morgan fingerprint density at radius 3 is 2.38 bits per heavy atom. The molecule has 0 N–H and O–H groups in total. The number of morpholine rings is 1. The number of amides is 2. The largest absolute Gasteiger partial charge is 0.378 e. The molecule has 0 aromatic heterocycles. The zero-order valence-electron chi connectivity index (χ0n) is 18.1. The summed E-state index contributed by atoms with van der Waals surface area (Å²) in [7, 11) is -4.04. The van der Waals surface area contributed by atoms with E-state index in [-0.39, 0.29) is 39.1 Å². The molecule has 3 aromatic carbocycles. The van der Waals surface area contributed by atoms with Gasteiger partial charge >= 0.3 is 0 Å². The minimum absolute atomic E-state index is 0.00512. The molecule has 3 aromatic rings. The number of hydrogen-bond donors (Lipinski definition) is 0. The van der Waals surface area contributed by atoms with Crippen LogP contribution in [0.4, 0.5) is 10.1 Å². The maximum atomic E-state index is 13.6. The number of halogens is 1. The monoisotopic (exact) mass is 480 g/mol. The van der Waals surface area contributed by atoms with E-state index in [1.165, 1.54) is 59.5 Å². The van der Waals surface area contributed by atoms with Crippen molar-refractivity contribution in [3.05, 3.63) is 89.2 Å². The zero-order chi connectivity index (χ0) is 23.9. The van der Waals surface area contributed by atoms with Crippen molar-refractivity contribution in [1.29, 1.82) is 0 Å². The molecule has 2 heterocycles. The van der Waals surface area contributed by atoms with E-state index in [9.17, 15) is 22.4 Å². The van der Waals surface area contributed by atoms with Crippen molar-refractivity contribution in [3.8, 4) is 0 Å². The summed E-state index contributed by atoms with van der Waals surface area (Å²) in [5.74, 6) is -1.20. The first-order chi connectivity index (χ1) is 16.4. The second-order valence-corrected chi connectivity index (χ2v) is 9.99. The van der Waals surface area contributed by atoms with Crippen molar-refractivity contribution >= 4 is 27.3 Å². The molecule has 9 heteroatoms. The van der Waals surface area contributed by atoms with E-state index < -0.39 is 21.6 Å². The first-order valence-corrected chi connectivity index (χ1v) is 12.3. The highest BCUT2D eigenvalue weighted by Gasteiger charge is 2.36. The van der Waals surface area contributed by atoms with Crippen LogP contribution in [0.15, 0.2) is 76.5 Å². The third-order valence-electron chi connectivity index (χ3n) is 5.99. The lowest BCUT2D eigenvalue weighted by Crippen LogP contribution is -2.40. The quantitative estimate of drug-likeness (QED) is 0.575. The Bertz CT molecular complexity index is 1380.